The average Bonchev–Trinajstić information content (AvgIpc) is 2.38. The third kappa shape index (κ3) is 3.02. The molecule has 2 aromatic rings. The predicted octanol–water partition coefficient (Wildman–Crippen LogP) is 4.34. The molecule has 0 radical (unpaired) electrons. The van der Waals surface area contributed by atoms with Crippen LogP contribution in [0.3, 0.4) is 0 Å². The van der Waals surface area contributed by atoms with Crippen molar-refractivity contribution in [2.45, 2.75) is 19.8 Å². The summed E-state index contributed by atoms with van der Waals surface area (Å²) in [6.45, 7) is 4.01. The second-order valence-electron chi connectivity index (χ2n) is 4.82. The van der Waals surface area contributed by atoms with Gasteiger partial charge < -0.3 is 5.32 Å². The Morgan fingerprint density at radius 3 is 2.45 bits per heavy atom. The Morgan fingerprint density at radius 2 is 1.80 bits per heavy atom. The fourth-order valence-corrected chi connectivity index (χ4v) is 1.98. The maximum atomic E-state index is 13.6. The zero-order valence-electron chi connectivity index (χ0n) is 11.3. The minimum absolute atomic E-state index is 0.176. The summed E-state index contributed by atoms with van der Waals surface area (Å²) in [6.07, 6.45) is 0. The number of halogens is 2. The van der Waals surface area contributed by atoms with Crippen LogP contribution in [0.25, 0.3) is 0 Å². The molecule has 20 heavy (non-hydrogen) atoms. The molecule has 0 aliphatic carbocycles. The van der Waals surface area contributed by atoms with Crippen LogP contribution in [0.15, 0.2) is 42.5 Å². The first-order chi connectivity index (χ1) is 9.49. The number of nitrogens with one attached hydrogen (secondary N) is 1. The topological polar surface area (TPSA) is 29.1 Å². The van der Waals surface area contributed by atoms with Gasteiger partial charge in [-0.05, 0) is 29.7 Å². The van der Waals surface area contributed by atoms with Crippen LogP contribution in [0.4, 0.5) is 14.5 Å². The summed E-state index contributed by atoms with van der Waals surface area (Å²) in [7, 11) is 0. The van der Waals surface area contributed by atoms with Crippen LogP contribution < -0.4 is 5.32 Å². The molecule has 0 unspecified atom stereocenters. The van der Waals surface area contributed by atoms with Crippen molar-refractivity contribution in [3.8, 4) is 0 Å². The Kier molecular flexibility index (Phi) is 4.13. The highest BCUT2D eigenvalue weighted by atomic mass is 19.1. The lowest BCUT2D eigenvalue weighted by Crippen LogP contribution is -2.15. The minimum Gasteiger partial charge on any atom is -0.322 e. The van der Waals surface area contributed by atoms with Gasteiger partial charge in [-0.15, -0.1) is 0 Å². The van der Waals surface area contributed by atoms with E-state index in [0.717, 1.165) is 17.7 Å². The molecule has 0 saturated carbocycles. The first-order valence-corrected chi connectivity index (χ1v) is 6.34. The molecule has 2 nitrogen and oxygen atoms in total. The summed E-state index contributed by atoms with van der Waals surface area (Å²) in [5.74, 6) is -1.94. The summed E-state index contributed by atoms with van der Waals surface area (Å²) < 4.78 is 26.4. The van der Waals surface area contributed by atoms with Crippen molar-refractivity contribution in [1.82, 2.24) is 0 Å². The minimum atomic E-state index is -0.871. The Bertz CT molecular complexity index is 638. The molecule has 0 bridgehead atoms. The molecule has 1 amide bonds. The van der Waals surface area contributed by atoms with Crippen molar-refractivity contribution in [2.24, 2.45) is 0 Å². The molecule has 0 atom stereocenters. The molecule has 0 aliphatic rings. The highest BCUT2D eigenvalue weighted by molar-refractivity contribution is 6.04. The number of rotatable bonds is 3. The number of hydrogen-bond donors (Lipinski definition) is 1. The van der Waals surface area contributed by atoms with Gasteiger partial charge in [0, 0.05) is 11.8 Å². The van der Waals surface area contributed by atoms with Gasteiger partial charge >= 0.3 is 0 Å². The van der Waals surface area contributed by atoms with Gasteiger partial charge in [0.15, 0.2) is 0 Å². The highest BCUT2D eigenvalue weighted by Crippen LogP contribution is 2.24. The number of anilines is 1. The number of benzene rings is 2. The molecule has 0 saturated heterocycles. The predicted molar refractivity (Wildman–Crippen MR) is 74.8 cm³/mol. The molecule has 0 fully saturated rings. The number of carbonyl (C=O) groups excluding carboxylic acids is 1. The largest absolute Gasteiger partial charge is 0.322 e. The van der Waals surface area contributed by atoms with Crippen LogP contribution in [0.2, 0.25) is 0 Å². The van der Waals surface area contributed by atoms with Crippen LogP contribution in [0, 0.1) is 11.6 Å². The molecule has 1 N–H and O–H groups in total. The van der Waals surface area contributed by atoms with Gasteiger partial charge in [-0.25, -0.2) is 8.78 Å². The van der Waals surface area contributed by atoms with E-state index in [1.54, 1.807) is 12.1 Å². The zero-order valence-corrected chi connectivity index (χ0v) is 11.3. The molecule has 4 heteroatoms. The van der Waals surface area contributed by atoms with Gasteiger partial charge in [-0.3, -0.25) is 4.79 Å². The Morgan fingerprint density at radius 1 is 1.10 bits per heavy atom. The molecule has 0 heterocycles. The Hall–Kier alpha value is -2.23. The van der Waals surface area contributed by atoms with E-state index in [1.165, 1.54) is 0 Å². The van der Waals surface area contributed by atoms with E-state index >= 15 is 0 Å². The third-order valence-electron chi connectivity index (χ3n) is 3.01. The van der Waals surface area contributed by atoms with Gasteiger partial charge in [0.05, 0.1) is 5.56 Å². The molecule has 104 valence electrons. The molecule has 0 spiro atoms. The van der Waals surface area contributed by atoms with Gasteiger partial charge in [-0.2, -0.15) is 0 Å². The van der Waals surface area contributed by atoms with Crippen molar-refractivity contribution in [3.63, 3.8) is 0 Å². The molecule has 0 aliphatic heterocycles. The fourth-order valence-electron chi connectivity index (χ4n) is 1.98. The lowest BCUT2D eigenvalue weighted by molar-refractivity contribution is 0.102. The van der Waals surface area contributed by atoms with E-state index in [1.807, 2.05) is 26.0 Å². The highest BCUT2D eigenvalue weighted by Gasteiger charge is 2.14. The van der Waals surface area contributed by atoms with Crippen LogP contribution in [0.1, 0.15) is 35.7 Å². The van der Waals surface area contributed by atoms with Gasteiger partial charge in [-0.1, -0.05) is 32.0 Å². The maximum absolute atomic E-state index is 13.6. The Balaban J connectivity index is 2.28. The van der Waals surface area contributed by atoms with Crippen LogP contribution in [0.5, 0.6) is 0 Å². The average molecular weight is 275 g/mol. The van der Waals surface area contributed by atoms with Crippen LogP contribution in [-0.4, -0.2) is 5.91 Å². The number of para-hydroxylation sites is 1. The summed E-state index contributed by atoms with van der Waals surface area (Å²) in [5.41, 5.74) is 1.42. The van der Waals surface area contributed by atoms with Gasteiger partial charge in [0.1, 0.15) is 11.6 Å². The summed E-state index contributed by atoms with van der Waals surface area (Å²) in [5, 5.41) is 2.67. The van der Waals surface area contributed by atoms with E-state index in [9.17, 15) is 13.6 Å². The summed E-state index contributed by atoms with van der Waals surface area (Å²) >= 11 is 0. The van der Waals surface area contributed by atoms with Crippen molar-refractivity contribution < 1.29 is 13.6 Å². The van der Waals surface area contributed by atoms with Gasteiger partial charge in [0.2, 0.25) is 0 Å². The smallest absolute Gasteiger partial charge is 0.258 e. The lowest BCUT2D eigenvalue weighted by Gasteiger charge is -2.13. The van der Waals surface area contributed by atoms with E-state index < -0.39 is 17.5 Å². The molecule has 2 aromatic carbocycles. The number of hydrogen-bond acceptors (Lipinski definition) is 1. The normalized spacial score (nSPS) is 10.7. The molecule has 2 rings (SSSR count). The second-order valence-corrected chi connectivity index (χ2v) is 4.82. The summed E-state index contributed by atoms with van der Waals surface area (Å²) in [4.78, 5) is 12.0. The van der Waals surface area contributed by atoms with E-state index in [0.29, 0.717) is 11.8 Å². The van der Waals surface area contributed by atoms with Gasteiger partial charge in [0.25, 0.3) is 5.91 Å². The van der Waals surface area contributed by atoms with Crippen LogP contribution in [-0.2, 0) is 0 Å². The quantitative estimate of drug-likeness (QED) is 0.887. The SMILES string of the molecule is CC(C)c1ccccc1NC(=O)c1ccc(F)cc1F. The van der Waals surface area contributed by atoms with E-state index in [4.69, 9.17) is 0 Å². The lowest BCUT2D eigenvalue weighted by atomic mass is 10.0. The third-order valence-corrected chi connectivity index (χ3v) is 3.01. The summed E-state index contributed by atoms with van der Waals surface area (Å²) in [6, 6.07) is 10.2. The maximum Gasteiger partial charge on any atom is 0.258 e. The first kappa shape index (κ1) is 14.2. The Labute approximate surface area is 116 Å². The zero-order chi connectivity index (χ0) is 14.7. The van der Waals surface area contributed by atoms with E-state index in [-0.39, 0.29) is 11.5 Å². The standard InChI is InChI=1S/C16H15F2NO/c1-10(2)12-5-3-4-6-15(12)19-16(20)13-8-7-11(17)9-14(13)18/h3-10H,1-2H3,(H,19,20). The van der Waals surface area contributed by atoms with E-state index in [2.05, 4.69) is 5.32 Å². The number of amides is 1. The molecular formula is C16H15F2NO. The molecule has 0 aromatic heterocycles. The van der Waals surface area contributed by atoms with Crippen molar-refractivity contribution in [1.29, 1.82) is 0 Å². The van der Waals surface area contributed by atoms with Crippen molar-refractivity contribution >= 4 is 11.6 Å². The monoisotopic (exact) mass is 275 g/mol. The fraction of sp³-hybridized carbons (Fsp3) is 0.188. The first-order valence-electron chi connectivity index (χ1n) is 6.34. The second kappa shape index (κ2) is 5.82. The molecular weight excluding hydrogens is 260 g/mol. The van der Waals surface area contributed by atoms with Crippen molar-refractivity contribution in [3.05, 3.63) is 65.2 Å². The number of carbonyl (C=O) groups is 1. The van der Waals surface area contributed by atoms with Crippen molar-refractivity contribution in [2.75, 3.05) is 5.32 Å². The van der Waals surface area contributed by atoms with Crippen LogP contribution >= 0.6 is 0 Å².